The van der Waals surface area contributed by atoms with E-state index in [1.807, 2.05) is 6.07 Å². The van der Waals surface area contributed by atoms with E-state index < -0.39 is 10.0 Å². The van der Waals surface area contributed by atoms with Gasteiger partial charge in [-0.25, -0.2) is 8.42 Å². The van der Waals surface area contributed by atoms with Gasteiger partial charge in [-0.2, -0.15) is 9.57 Å². The summed E-state index contributed by atoms with van der Waals surface area (Å²) < 4.78 is 26.0. The lowest BCUT2D eigenvalue weighted by molar-refractivity contribution is 0.393. The van der Waals surface area contributed by atoms with Crippen LogP contribution in [0.5, 0.6) is 0 Å². The molecule has 0 saturated heterocycles. The van der Waals surface area contributed by atoms with Crippen molar-refractivity contribution in [3.8, 4) is 6.07 Å². The van der Waals surface area contributed by atoms with Crippen LogP contribution in [0.1, 0.15) is 31.9 Å². The Kier molecular flexibility index (Phi) is 5.06. The van der Waals surface area contributed by atoms with Gasteiger partial charge in [0, 0.05) is 19.1 Å². The fourth-order valence-electron chi connectivity index (χ4n) is 1.62. The van der Waals surface area contributed by atoms with E-state index in [1.54, 1.807) is 32.0 Å². The smallest absolute Gasteiger partial charge is 0.243 e. The Morgan fingerprint density at radius 2 is 2.05 bits per heavy atom. The Bertz CT molecular complexity index is 576. The summed E-state index contributed by atoms with van der Waals surface area (Å²) in [5.74, 6) is 0. The SMILES string of the molecule is CC(N)c1cccc(S(=O)(=O)N(C)C(C)CC#N)c1. The number of sulfonamides is 1. The van der Waals surface area contributed by atoms with Gasteiger partial charge in [-0.15, -0.1) is 0 Å². The minimum absolute atomic E-state index is 0.155. The molecule has 1 rings (SSSR count). The highest BCUT2D eigenvalue weighted by Gasteiger charge is 2.25. The molecular formula is C13H19N3O2S. The van der Waals surface area contributed by atoms with Gasteiger partial charge in [0.15, 0.2) is 0 Å². The minimum atomic E-state index is -3.59. The molecule has 0 radical (unpaired) electrons. The summed E-state index contributed by atoms with van der Waals surface area (Å²) in [7, 11) is -2.11. The predicted octanol–water partition coefficient (Wildman–Crippen LogP) is 1.63. The molecule has 0 spiro atoms. The van der Waals surface area contributed by atoms with Gasteiger partial charge in [0.25, 0.3) is 0 Å². The molecule has 5 nitrogen and oxygen atoms in total. The lowest BCUT2D eigenvalue weighted by Crippen LogP contribution is -2.34. The van der Waals surface area contributed by atoms with E-state index in [0.717, 1.165) is 5.56 Å². The zero-order chi connectivity index (χ0) is 14.6. The Balaban J connectivity index is 3.14. The van der Waals surface area contributed by atoms with Crippen LogP contribution in [0.3, 0.4) is 0 Å². The predicted molar refractivity (Wildman–Crippen MR) is 73.7 cm³/mol. The standard InChI is InChI=1S/C13H19N3O2S/c1-10(7-8-14)16(3)19(17,18)13-6-4-5-12(9-13)11(2)15/h4-6,9-11H,7,15H2,1-3H3. The van der Waals surface area contributed by atoms with Crippen molar-refractivity contribution in [2.75, 3.05) is 7.05 Å². The molecular weight excluding hydrogens is 262 g/mol. The van der Waals surface area contributed by atoms with Gasteiger partial charge in [0.05, 0.1) is 17.4 Å². The number of hydrogen-bond donors (Lipinski definition) is 1. The summed E-state index contributed by atoms with van der Waals surface area (Å²) in [6, 6.07) is 7.97. The van der Waals surface area contributed by atoms with Crippen LogP contribution in [0.2, 0.25) is 0 Å². The van der Waals surface area contributed by atoms with Crippen LogP contribution in [0.25, 0.3) is 0 Å². The Morgan fingerprint density at radius 3 is 2.58 bits per heavy atom. The van der Waals surface area contributed by atoms with E-state index >= 15 is 0 Å². The number of nitrogens with zero attached hydrogens (tertiary/aromatic N) is 2. The largest absolute Gasteiger partial charge is 0.324 e. The maximum absolute atomic E-state index is 12.4. The van der Waals surface area contributed by atoms with Gasteiger partial charge in [-0.3, -0.25) is 0 Å². The van der Waals surface area contributed by atoms with Crippen LogP contribution in [0.4, 0.5) is 0 Å². The van der Waals surface area contributed by atoms with Crippen molar-refractivity contribution in [3.63, 3.8) is 0 Å². The monoisotopic (exact) mass is 281 g/mol. The molecule has 0 fully saturated rings. The molecule has 104 valence electrons. The minimum Gasteiger partial charge on any atom is -0.324 e. The summed E-state index contributed by atoms with van der Waals surface area (Å²) >= 11 is 0. The molecule has 0 heterocycles. The molecule has 2 atom stereocenters. The van der Waals surface area contributed by atoms with Crippen molar-refractivity contribution in [2.45, 2.75) is 37.2 Å². The molecule has 2 N–H and O–H groups in total. The summed E-state index contributed by atoms with van der Waals surface area (Å²) in [4.78, 5) is 0.203. The Labute approximate surface area is 114 Å². The number of nitrogens with two attached hydrogens (primary N) is 1. The first-order valence-electron chi connectivity index (χ1n) is 6.01. The van der Waals surface area contributed by atoms with Crippen molar-refractivity contribution in [3.05, 3.63) is 29.8 Å². The van der Waals surface area contributed by atoms with Crippen LogP contribution in [0.15, 0.2) is 29.2 Å². The van der Waals surface area contributed by atoms with Crippen molar-refractivity contribution < 1.29 is 8.42 Å². The fourth-order valence-corrected chi connectivity index (χ4v) is 3.04. The molecule has 0 aromatic heterocycles. The first-order chi connectivity index (χ1) is 8.80. The van der Waals surface area contributed by atoms with Crippen LogP contribution in [-0.2, 0) is 10.0 Å². The Hall–Kier alpha value is -1.42. The summed E-state index contributed by atoms with van der Waals surface area (Å²) in [6.45, 7) is 3.50. The second-order valence-electron chi connectivity index (χ2n) is 4.59. The first kappa shape index (κ1) is 15.6. The maximum Gasteiger partial charge on any atom is 0.243 e. The third kappa shape index (κ3) is 3.53. The van der Waals surface area contributed by atoms with Crippen molar-refractivity contribution >= 4 is 10.0 Å². The van der Waals surface area contributed by atoms with Gasteiger partial charge < -0.3 is 5.73 Å². The highest BCUT2D eigenvalue weighted by molar-refractivity contribution is 7.89. The van der Waals surface area contributed by atoms with Crippen molar-refractivity contribution in [2.24, 2.45) is 5.73 Å². The molecule has 0 aliphatic rings. The van der Waals surface area contributed by atoms with Crippen LogP contribution < -0.4 is 5.73 Å². The molecule has 0 aliphatic heterocycles. The lowest BCUT2D eigenvalue weighted by atomic mass is 10.1. The van der Waals surface area contributed by atoms with E-state index in [-0.39, 0.29) is 23.4 Å². The number of nitriles is 1. The Morgan fingerprint density at radius 1 is 1.42 bits per heavy atom. The van der Waals surface area contributed by atoms with E-state index in [1.165, 1.54) is 17.4 Å². The van der Waals surface area contributed by atoms with E-state index in [4.69, 9.17) is 11.0 Å². The first-order valence-corrected chi connectivity index (χ1v) is 7.45. The van der Waals surface area contributed by atoms with Crippen molar-refractivity contribution in [1.82, 2.24) is 4.31 Å². The molecule has 19 heavy (non-hydrogen) atoms. The lowest BCUT2D eigenvalue weighted by Gasteiger charge is -2.22. The normalized spacial score (nSPS) is 14.9. The average Bonchev–Trinajstić information content (AvgIpc) is 2.38. The number of hydrogen-bond acceptors (Lipinski definition) is 4. The number of benzene rings is 1. The summed E-state index contributed by atoms with van der Waals surface area (Å²) in [5, 5.41) is 8.65. The highest BCUT2D eigenvalue weighted by atomic mass is 32.2. The van der Waals surface area contributed by atoms with Gasteiger partial charge in [0.1, 0.15) is 0 Å². The molecule has 6 heteroatoms. The number of rotatable bonds is 5. The van der Waals surface area contributed by atoms with Gasteiger partial charge in [-0.1, -0.05) is 12.1 Å². The molecule has 1 aromatic rings. The zero-order valence-corrected chi connectivity index (χ0v) is 12.2. The second-order valence-corrected chi connectivity index (χ2v) is 6.59. The second kappa shape index (κ2) is 6.15. The third-order valence-corrected chi connectivity index (χ3v) is 5.04. The van der Waals surface area contributed by atoms with Crippen LogP contribution >= 0.6 is 0 Å². The van der Waals surface area contributed by atoms with E-state index in [0.29, 0.717) is 0 Å². The van der Waals surface area contributed by atoms with Crippen molar-refractivity contribution in [1.29, 1.82) is 5.26 Å². The maximum atomic E-state index is 12.4. The van der Waals surface area contributed by atoms with Crippen LogP contribution in [-0.4, -0.2) is 25.8 Å². The molecule has 0 bridgehead atoms. The summed E-state index contributed by atoms with van der Waals surface area (Å²) in [6.07, 6.45) is 0.155. The summed E-state index contributed by atoms with van der Waals surface area (Å²) in [5.41, 5.74) is 6.52. The molecule has 0 saturated carbocycles. The fraction of sp³-hybridized carbons (Fsp3) is 0.462. The molecule has 0 amide bonds. The topological polar surface area (TPSA) is 87.2 Å². The van der Waals surface area contributed by atoms with E-state index in [2.05, 4.69) is 0 Å². The van der Waals surface area contributed by atoms with Gasteiger partial charge in [-0.05, 0) is 31.5 Å². The van der Waals surface area contributed by atoms with Crippen LogP contribution in [0, 0.1) is 11.3 Å². The van der Waals surface area contributed by atoms with Gasteiger partial charge >= 0.3 is 0 Å². The van der Waals surface area contributed by atoms with Gasteiger partial charge in [0.2, 0.25) is 10.0 Å². The quantitative estimate of drug-likeness (QED) is 0.888. The molecule has 1 aromatic carbocycles. The average molecular weight is 281 g/mol. The van der Waals surface area contributed by atoms with E-state index in [9.17, 15) is 8.42 Å². The third-order valence-electron chi connectivity index (χ3n) is 3.07. The highest BCUT2D eigenvalue weighted by Crippen LogP contribution is 2.20. The zero-order valence-electron chi connectivity index (χ0n) is 11.4. The molecule has 2 unspecified atom stereocenters. The molecule has 0 aliphatic carbocycles.